The number of oxazole rings is 1. The zero-order valence-electron chi connectivity index (χ0n) is 13.1. The van der Waals surface area contributed by atoms with Crippen molar-refractivity contribution in [2.24, 2.45) is 0 Å². The van der Waals surface area contributed by atoms with Crippen molar-refractivity contribution in [3.05, 3.63) is 41.2 Å². The molecule has 1 unspecified atom stereocenters. The van der Waals surface area contributed by atoms with Gasteiger partial charge in [-0.1, -0.05) is 11.2 Å². The maximum Gasteiger partial charge on any atom is 0.236 e. The second-order valence-electron chi connectivity index (χ2n) is 6.20. The third-order valence-corrected chi connectivity index (χ3v) is 5.53. The molecule has 24 heavy (non-hydrogen) atoms. The first-order valence-electron chi connectivity index (χ1n) is 8.12. The monoisotopic (exact) mass is 343 g/mol. The summed E-state index contributed by atoms with van der Waals surface area (Å²) < 4.78 is 11.0. The fourth-order valence-corrected chi connectivity index (χ4v) is 4.05. The van der Waals surface area contributed by atoms with Crippen molar-refractivity contribution in [2.75, 3.05) is 32.7 Å². The lowest BCUT2D eigenvalue weighted by Crippen LogP contribution is -2.57. The molecule has 0 N–H and O–H groups in total. The van der Waals surface area contributed by atoms with E-state index < -0.39 is 0 Å². The van der Waals surface area contributed by atoms with Crippen molar-refractivity contribution in [3.63, 3.8) is 0 Å². The molecule has 0 aromatic carbocycles. The van der Waals surface area contributed by atoms with Gasteiger partial charge in [0.1, 0.15) is 6.26 Å². The number of piperazine rings is 3. The molecule has 1 atom stereocenters. The summed E-state index contributed by atoms with van der Waals surface area (Å²) in [6.45, 7) is 5.45. The average Bonchev–Trinajstić information content (AvgIpc) is 3.38. The normalized spacial score (nSPS) is 26.1. The average molecular weight is 343 g/mol. The van der Waals surface area contributed by atoms with E-state index in [1.165, 1.54) is 0 Å². The Morgan fingerprint density at radius 3 is 2.88 bits per heavy atom. The standard InChI is InChI=1S/C16H17N5O2S/c1-2-13(24-7-1)16-17-11(10-22-16)8-14-18-15(19-23-14)12-9-20-3-5-21(12)6-4-20/h1-2,7,10,12H,3-6,8-9H2. The Morgan fingerprint density at radius 1 is 1.21 bits per heavy atom. The molecule has 3 aliphatic rings. The Bertz CT molecular complexity index is 819. The van der Waals surface area contributed by atoms with Crippen LogP contribution in [0, 0.1) is 0 Å². The van der Waals surface area contributed by atoms with Crippen LogP contribution in [0.25, 0.3) is 10.8 Å². The summed E-state index contributed by atoms with van der Waals surface area (Å²) in [5.74, 6) is 2.02. The molecule has 3 aromatic heterocycles. The van der Waals surface area contributed by atoms with Crippen LogP contribution in [0.3, 0.4) is 0 Å². The van der Waals surface area contributed by atoms with Crippen molar-refractivity contribution in [1.29, 1.82) is 0 Å². The van der Waals surface area contributed by atoms with Crippen molar-refractivity contribution in [1.82, 2.24) is 24.9 Å². The molecule has 0 spiro atoms. The smallest absolute Gasteiger partial charge is 0.236 e. The van der Waals surface area contributed by atoms with Gasteiger partial charge in [0.15, 0.2) is 5.82 Å². The second kappa shape index (κ2) is 5.80. The van der Waals surface area contributed by atoms with Crippen LogP contribution < -0.4 is 0 Å². The largest absolute Gasteiger partial charge is 0.444 e. The van der Waals surface area contributed by atoms with Crippen molar-refractivity contribution >= 4 is 11.3 Å². The maximum atomic E-state index is 5.54. The molecule has 0 aliphatic carbocycles. The molecule has 7 nitrogen and oxygen atoms in total. The highest BCUT2D eigenvalue weighted by Crippen LogP contribution is 2.27. The molecular weight excluding hydrogens is 326 g/mol. The van der Waals surface area contributed by atoms with E-state index in [1.807, 2.05) is 17.5 Å². The molecule has 3 saturated heterocycles. The predicted molar refractivity (Wildman–Crippen MR) is 87.7 cm³/mol. The fourth-order valence-electron chi connectivity index (χ4n) is 3.39. The quantitative estimate of drug-likeness (QED) is 0.718. The highest BCUT2D eigenvalue weighted by Gasteiger charge is 2.35. The predicted octanol–water partition coefficient (Wildman–Crippen LogP) is 2.05. The van der Waals surface area contributed by atoms with Crippen LogP contribution in [0.4, 0.5) is 0 Å². The van der Waals surface area contributed by atoms with Crippen molar-refractivity contribution in [3.8, 4) is 10.8 Å². The highest BCUT2D eigenvalue weighted by molar-refractivity contribution is 7.13. The first-order chi connectivity index (χ1) is 11.8. The molecule has 0 radical (unpaired) electrons. The summed E-state index contributed by atoms with van der Waals surface area (Å²) in [7, 11) is 0. The topological polar surface area (TPSA) is 71.4 Å². The Kier molecular flexibility index (Phi) is 3.46. The highest BCUT2D eigenvalue weighted by atomic mass is 32.1. The van der Waals surface area contributed by atoms with E-state index in [0.717, 1.165) is 49.1 Å². The number of hydrogen-bond donors (Lipinski definition) is 0. The second-order valence-corrected chi connectivity index (χ2v) is 7.14. The Labute approximate surface area is 142 Å². The summed E-state index contributed by atoms with van der Waals surface area (Å²) in [5.41, 5.74) is 0.808. The molecule has 0 saturated carbocycles. The van der Waals surface area contributed by atoms with Gasteiger partial charge >= 0.3 is 0 Å². The van der Waals surface area contributed by atoms with Gasteiger partial charge in [0, 0.05) is 32.7 Å². The summed E-state index contributed by atoms with van der Waals surface area (Å²) in [5, 5.41) is 6.21. The van der Waals surface area contributed by atoms with E-state index in [2.05, 4.69) is 24.9 Å². The van der Waals surface area contributed by atoms with Crippen LogP contribution in [0.15, 0.2) is 32.7 Å². The van der Waals surface area contributed by atoms with Gasteiger partial charge < -0.3 is 8.94 Å². The molecule has 2 bridgehead atoms. The van der Waals surface area contributed by atoms with Crippen LogP contribution in [0.1, 0.15) is 23.5 Å². The summed E-state index contributed by atoms with van der Waals surface area (Å²) >= 11 is 1.61. The molecule has 3 fully saturated rings. The zero-order valence-corrected chi connectivity index (χ0v) is 13.9. The van der Waals surface area contributed by atoms with E-state index >= 15 is 0 Å². The molecule has 3 aromatic rings. The number of fused-ring (bicyclic) bond motifs is 3. The van der Waals surface area contributed by atoms with Crippen molar-refractivity contribution < 1.29 is 8.94 Å². The summed E-state index contributed by atoms with van der Waals surface area (Å²) in [4.78, 5) is 15.0. The molecular formula is C16H17N5O2S. The molecule has 0 amide bonds. The van der Waals surface area contributed by atoms with Crippen LogP contribution in [-0.4, -0.2) is 57.6 Å². The Morgan fingerprint density at radius 2 is 2.12 bits per heavy atom. The van der Waals surface area contributed by atoms with E-state index in [9.17, 15) is 0 Å². The lowest BCUT2D eigenvalue weighted by Gasteiger charge is -2.46. The molecule has 8 heteroatoms. The number of hydrogen-bond acceptors (Lipinski definition) is 8. The summed E-state index contributed by atoms with van der Waals surface area (Å²) in [6.07, 6.45) is 2.16. The molecule has 124 valence electrons. The first-order valence-corrected chi connectivity index (χ1v) is 9.00. The van der Waals surface area contributed by atoms with Crippen LogP contribution in [0.2, 0.25) is 0 Å². The van der Waals surface area contributed by atoms with E-state index in [1.54, 1.807) is 17.6 Å². The zero-order chi connectivity index (χ0) is 15.9. The van der Waals surface area contributed by atoms with Crippen LogP contribution >= 0.6 is 11.3 Å². The van der Waals surface area contributed by atoms with Gasteiger partial charge in [-0.15, -0.1) is 11.3 Å². The Balaban J connectivity index is 1.31. The lowest BCUT2D eigenvalue weighted by atomic mass is 10.1. The van der Waals surface area contributed by atoms with Gasteiger partial charge in [-0.3, -0.25) is 9.80 Å². The minimum atomic E-state index is 0.254. The van der Waals surface area contributed by atoms with Gasteiger partial charge in [-0.25, -0.2) is 4.98 Å². The number of aromatic nitrogens is 3. The number of thiophene rings is 1. The van der Waals surface area contributed by atoms with E-state index in [0.29, 0.717) is 18.2 Å². The van der Waals surface area contributed by atoms with E-state index in [-0.39, 0.29) is 6.04 Å². The van der Waals surface area contributed by atoms with Gasteiger partial charge in [-0.05, 0) is 11.4 Å². The van der Waals surface area contributed by atoms with Gasteiger partial charge in [0.25, 0.3) is 0 Å². The maximum absolute atomic E-state index is 5.54. The third-order valence-electron chi connectivity index (χ3n) is 4.68. The molecule has 6 rings (SSSR count). The van der Waals surface area contributed by atoms with E-state index in [4.69, 9.17) is 8.94 Å². The minimum Gasteiger partial charge on any atom is -0.444 e. The fraction of sp³-hybridized carbons (Fsp3) is 0.438. The number of nitrogens with zero attached hydrogens (tertiary/aromatic N) is 5. The SMILES string of the molecule is c1csc(-c2nc(Cc3nc(C4CN5CCN4CC5)no3)co2)c1. The van der Waals surface area contributed by atoms with Gasteiger partial charge in [0.2, 0.25) is 11.8 Å². The molecule has 6 heterocycles. The van der Waals surface area contributed by atoms with Gasteiger partial charge in [-0.2, -0.15) is 4.98 Å². The molecule has 3 aliphatic heterocycles. The summed E-state index contributed by atoms with van der Waals surface area (Å²) in [6, 6.07) is 4.23. The number of rotatable bonds is 4. The van der Waals surface area contributed by atoms with Crippen molar-refractivity contribution in [2.45, 2.75) is 12.5 Å². The minimum absolute atomic E-state index is 0.254. The van der Waals surface area contributed by atoms with Crippen LogP contribution in [0.5, 0.6) is 0 Å². The lowest BCUT2D eigenvalue weighted by molar-refractivity contribution is 0.00781. The Hall–Kier alpha value is -2.03. The van der Waals surface area contributed by atoms with Gasteiger partial charge in [0.05, 0.1) is 23.0 Å². The first kappa shape index (κ1) is 14.3. The third kappa shape index (κ3) is 2.56. The van der Waals surface area contributed by atoms with Crippen LogP contribution in [-0.2, 0) is 6.42 Å².